The summed E-state index contributed by atoms with van der Waals surface area (Å²) >= 11 is 0. The van der Waals surface area contributed by atoms with E-state index in [9.17, 15) is 4.79 Å². The fraction of sp³-hybridized carbons (Fsp3) is 0.765. The summed E-state index contributed by atoms with van der Waals surface area (Å²) in [7, 11) is 6.00. The number of aryl methyl sites for hydroxylation is 2. The Labute approximate surface area is 249 Å². The van der Waals surface area contributed by atoms with Gasteiger partial charge in [-0.15, -0.1) is 0 Å². The molecule has 236 valence electrons. The molecule has 40 heavy (non-hydrogen) atoms. The van der Waals surface area contributed by atoms with E-state index in [0.29, 0.717) is 6.04 Å². The van der Waals surface area contributed by atoms with Crippen molar-refractivity contribution in [2.24, 2.45) is 0 Å². The molecule has 3 N–H and O–H groups in total. The van der Waals surface area contributed by atoms with Crippen LogP contribution < -0.4 is 16.0 Å². The molecule has 1 saturated heterocycles. The Hall–Kier alpha value is -1.60. The maximum absolute atomic E-state index is 10.3. The molecule has 0 saturated carbocycles. The van der Waals surface area contributed by atoms with Crippen LogP contribution in [0.25, 0.3) is 0 Å². The number of rotatable bonds is 11. The van der Waals surface area contributed by atoms with Crippen molar-refractivity contribution in [1.82, 2.24) is 20.9 Å². The van der Waals surface area contributed by atoms with Gasteiger partial charge < -0.3 is 30.4 Å². The third-order valence-corrected chi connectivity index (χ3v) is 7.04. The van der Waals surface area contributed by atoms with Gasteiger partial charge in [-0.2, -0.15) is 0 Å². The smallest absolute Gasteiger partial charge is 0.136 e. The molecule has 1 aromatic rings. The first-order chi connectivity index (χ1) is 19.4. The summed E-state index contributed by atoms with van der Waals surface area (Å²) in [6.45, 7) is 18.1. The monoisotopic (exact) mass is 565 g/mol. The van der Waals surface area contributed by atoms with Gasteiger partial charge in [-0.3, -0.25) is 0 Å². The van der Waals surface area contributed by atoms with E-state index in [0.717, 1.165) is 31.7 Å². The van der Waals surface area contributed by atoms with Gasteiger partial charge in [-0.05, 0) is 90.3 Å². The number of carbonyl (C=O) groups is 2. The molecule has 0 aromatic heterocycles. The number of unbranched alkanes of at least 4 members (excludes halogenated alkanes) is 3. The fourth-order valence-corrected chi connectivity index (χ4v) is 4.30. The maximum Gasteiger partial charge on any atom is 0.136 e. The number of benzene rings is 1. The van der Waals surface area contributed by atoms with Gasteiger partial charge >= 0.3 is 0 Å². The van der Waals surface area contributed by atoms with Gasteiger partial charge in [0.1, 0.15) is 13.1 Å². The molecule has 0 amide bonds. The van der Waals surface area contributed by atoms with Crippen LogP contribution in [0.5, 0.6) is 0 Å². The van der Waals surface area contributed by atoms with Crippen LogP contribution in [0.3, 0.4) is 0 Å². The molecular formula is C34H68N4O2. The molecule has 2 aliphatic rings. The van der Waals surface area contributed by atoms with Crippen molar-refractivity contribution in [3.63, 3.8) is 0 Å². The largest absolute Gasteiger partial charge is 0.318 e. The van der Waals surface area contributed by atoms with Crippen LogP contribution in [0.2, 0.25) is 0 Å². The minimum absolute atomic E-state index is 0.0758. The van der Waals surface area contributed by atoms with Crippen LogP contribution in [0.4, 0.5) is 0 Å². The van der Waals surface area contributed by atoms with Crippen LogP contribution in [0.1, 0.15) is 110 Å². The zero-order valence-electron chi connectivity index (χ0n) is 28.0. The molecule has 6 nitrogen and oxygen atoms in total. The minimum atomic E-state index is 0.0758. The predicted molar refractivity (Wildman–Crippen MR) is 178 cm³/mol. The summed E-state index contributed by atoms with van der Waals surface area (Å²) in [5, 5.41) is 9.37. The van der Waals surface area contributed by atoms with Crippen molar-refractivity contribution in [2.75, 3.05) is 40.8 Å². The predicted octanol–water partition coefficient (Wildman–Crippen LogP) is 6.45. The van der Waals surface area contributed by atoms with Crippen molar-refractivity contribution in [1.29, 1.82) is 0 Å². The molecule has 1 aliphatic heterocycles. The van der Waals surface area contributed by atoms with Gasteiger partial charge in [0, 0.05) is 18.6 Å². The second-order valence-corrected chi connectivity index (χ2v) is 10.4. The van der Waals surface area contributed by atoms with Gasteiger partial charge in [0.05, 0.1) is 6.04 Å². The Kier molecular flexibility index (Phi) is 36.0. The molecule has 2 atom stereocenters. The molecular weight excluding hydrogens is 496 g/mol. The van der Waals surface area contributed by atoms with Crippen LogP contribution >= 0.6 is 0 Å². The first kappa shape index (κ1) is 42.9. The Balaban J connectivity index is -0.000000448. The van der Waals surface area contributed by atoms with E-state index in [-0.39, 0.29) is 6.04 Å². The Morgan fingerprint density at radius 3 is 1.88 bits per heavy atom. The SMILES string of the molecule is C=O.CC.CCCCCCC(C=O)NC.CCNCC1CCCN1C.CNC(C)C.c1ccc2c(c1)CCCC2. The summed E-state index contributed by atoms with van der Waals surface area (Å²) in [5.74, 6) is 0. The summed E-state index contributed by atoms with van der Waals surface area (Å²) in [6, 6.07) is 10.3. The highest BCUT2D eigenvalue weighted by Crippen LogP contribution is 2.19. The highest BCUT2D eigenvalue weighted by molar-refractivity contribution is 5.57. The van der Waals surface area contributed by atoms with E-state index >= 15 is 0 Å². The highest BCUT2D eigenvalue weighted by Gasteiger charge is 2.19. The Bertz CT molecular complexity index is 617. The van der Waals surface area contributed by atoms with Crippen molar-refractivity contribution < 1.29 is 9.59 Å². The third-order valence-electron chi connectivity index (χ3n) is 7.04. The summed E-state index contributed by atoms with van der Waals surface area (Å²) in [4.78, 5) is 20.8. The number of hydrogen-bond acceptors (Lipinski definition) is 6. The lowest BCUT2D eigenvalue weighted by molar-refractivity contribution is -0.109. The number of nitrogens with zero attached hydrogens (tertiary/aromatic N) is 1. The van der Waals surface area contributed by atoms with Gasteiger partial charge in [0.15, 0.2) is 0 Å². The van der Waals surface area contributed by atoms with Crippen LogP contribution in [0.15, 0.2) is 24.3 Å². The molecule has 1 aromatic carbocycles. The lowest BCUT2D eigenvalue weighted by Gasteiger charge is -2.18. The number of hydrogen-bond donors (Lipinski definition) is 3. The van der Waals surface area contributed by atoms with Gasteiger partial charge in [-0.25, -0.2) is 0 Å². The first-order valence-electron chi connectivity index (χ1n) is 16.0. The third kappa shape index (κ3) is 25.4. The summed E-state index contributed by atoms with van der Waals surface area (Å²) in [6.07, 6.45) is 15.1. The lowest BCUT2D eigenvalue weighted by atomic mass is 9.92. The van der Waals surface area contributed by atoms with E-state index in [1.165, 1.54) is 70.9 Å². The lowest BCUT2D eigenvalue weighted by Crippen LogP contribution is -2.35. The molecule has 2 unspecified atom stereocenters. The average Bonchev–Trinajstić information content (AvgIpc) is 3.43. The zero-order chi connectivity index (χ0) is 31.0. The van der Waals surface area contributed by atoms with Gasteiger partial charge in [0.2, 0.25) is 0 Å². The number of likely N-dealkylation sites (tertiary alicyclic amines) is 1. The van der Waals surface area contributed by atoms with Crippen molar-refractivity contribution in [3.8, 4) is 0 Å². The van der Waals surface area contributed by atoms with Gasteiger partial charge in [-0.1, -0.05) is 91.5 Å². The maximum atomic E-state index is 10.3. The Morgan fingerprint density at radius 1 is 0.950 bits per heavy atom. The van der Waals surface area contributed by atoms with Crippen LogP contribution in [-0.4, -0.2) is 76.9 Å². The van der Waals surface area contributed by atoms with E-state index in [4.69, 9.17) is 4.79 Å². The molecule has 1 aliphatic carbocycles. The molecule has 6 heteroatoms. The van der Waals surface area contributed by atoms with Crippen molar-refractivity contribution in [2.45, 2.75) is 130 Å². The average molecular weight is 565 g/mol. The van der Waals surface area contributed by atoms with E-state index in [2.05, 4.69) is 79.9 Å². The first-order valence-corrected chi connectivity index (χ1v) is 16.0. The zero-order valence-corrected chi connectivity index (χ0v) is 28.0. The molecule has 1 heterocycles. The number of fused-ring (bicyclic) bond motifs is 1. The summed E-state index contributed by atoms with van der Waals surface area (Å²) < 4.78 is 0. The van der Waals surface area contributed by atoms with Gasteiger partial charge in [0.25, 0.3) is 0 Å². The number of likely N-dealkylation sites (N-methyl/N-ethyl adjacent to an activating group) is 3. The highest BCUT2D eigenvalue weighted by atomic mass is 16.1. The quantitative estimate of drug-likeness (QED) is 0.212. The molecule has 3 rings (SSSR count). The van der Waals surface area contributed by atoms with Crippen molar-refractivity contribution in [3.05, 3.63) is 35.4 Å². The molecule has 0 spiro atoms. The van der Waals surface area contributed by atoms with E-state index in [1.54, 1.807) is 11.1 Å². The second kappa shape index (κ2) is 33.6. The summed E-state index contributed by atoms with van der Waals surface area (Å²) in [5.41, 5.74) is 3.16. The standard InChI is InChI=1S/C10H12.C9H19NO.C8H18N2.C4H11N.C2H6.CH2O/c1-2-6-10-8-4-3-7-9(10)5-1;1-3-4-5-6-7-9(8-11)10-2;1-3-9-7-8-5-4-6-10(8)2;1-4(2)5-3;2*1-2/h1-2,5-6H,3-4,7-8H2;8-10H,3-7H2,1-2H3;8-9H,3-7H2,1-2H3;4-5H,1-3H3;1-2H3;1H2. The molecule has 1 fully saturated rings. The molecule has 0 radical (unpaired) electrons. The van der Waals surface area contributed by atoms with Crippen LogP contribution in [0, 0.1) is 0 Å². The normalized spacial score (nSPS) is 16.0. The number of carbonyl (C=O) groups excluding carboxylic acids is 2. The fourth-order valence-electron chi connectivity index (χ4n) is 4.30. The van der Waals surface area contributed by atoms with E-state index < -0.39 is 0 Å². The topological polar surface area (TPSA) is 73.5 Å². The number of nitrogens with one attached hydrogen (secondary N) is 3. The second-order valence-electron chi connectivity index (χ2n) is 10.4. The van der Waals surface area contributed by atoms with Crippen LogP contribution in [-0.2, 0) is 22.4 Å². The van der Waals surface area contributed by atoms with Crippen molar-refractivity contribution >= 4 is 13.1 Å². The Morgan fingerprint density at radius 2 is 1.50 bits per heavy atom. The minimum Gasteiger partial charge on any atom is -0.318 e. The van der Waals surface area contributed by atoms with E-state index in [1.807, 2.05) is 34.7 Å². The molecule has 0 bridgehead atoms. The number of aldehydes is 1.